The summed E-state index contributed by atoms with van der Waals surface area (Å²) < 4.78 is 5.76. The van der Waals surface area contributed by atoms with Crippen molar-refractivity contribution in [1.82, 2.24) is 5.32 Å². The summed E-state index contributed by atoms with van der Waals surface area (Å²) in [5.74, 6) is 0. The van der Waals surface area contributed by atoms with E-state index in [9.17, 15) is 0 Å². The molecule has 3 rings (SSSR count). The Bertz CT molecular complexity index is 429. The lowest BCUT2D eigenvalue weighted by atomic mass is 10.1. The first-order valence-electron chi connectivity index (χ1n) is 7.43. The molecule has 1 aliphatic carbocycles. The highest BCUT2D eigenvalue weighted by molar-refractivity contribution is 6.30. The molecule has 0 bridgehead atoms. The van der Waals surface area contributed by atoms with Gasteiger partial charge in [-0.1, -0.05) is 17.7 Å². The fraction of sp³-hybridized carbons (Fsp3) is 0.625. The average Bonchev–Trinajstić information content (AvgIpc) is 2.82. The molecule has 2 nitrogen and oxygen atoms in total. The van der Waals surface area contributed by atoms with Gasteiger partial charge in [-0.05, 0) is 68.3 Å². The number of ether oxygens (including phenoxy) is 1. The van der Waals surface area contributed by atoms with Crippen LogP contribution in [0.25, 0.3) is 0 Å². The van der Waals surface area contributed by atoms with Crippen LogP contribution in [0.4, 0.5) is 0 Å². The maximum Gasteiger partial charge on any atom is 0.0587 e. The first-order chi connectivity index (χ1) is 9.31. The molecular weight excluding hydrogens is 258 g/mol. The van der Waals surface area contributed by atoms with Gasteiger partial charge < -0.3 is 10.1 Å². The van der Waals surface area contributed by atoms with E-state index >= 15 is 0 Å². The van der Waals surface area contributed by atoms with Gasteiger partial charge in [0.05, 0.1) is 6.10 Å². The van der Waals surface area contributed by atoms with Gasteiger partial charge in [-0.15, -0.1) is 0 Å². The largest absolute Gasteiger partial charge is 0.378 e. The number of hydrogen-bond acceptors (Lipinski definition) is 2. The van der Waals surface area contributed by atoms with E-state index in [-0.39, 0.29) is 0 Å². The van der Waals surface area contributed by atoms with Crippen molar-refractivity contribution in [3.63, 3.8) is 0 Å². The Hall–Kier alpha value is -0.570. The minimum Gasteiger partial charge on any atom is -0.378 e. The Balaban J connectivity index is 1.43. The molecule has 1 aromatic carbocycles. The van der Waals surface area contributed by atoms with Crippen LogP contribution in [0.3, 0.4) is 0 Å². The van der Waals surface area contributed by atoms with Crippen molar-refractivity contribution >= 4 is 11.6 Å². The molecule has 2 atom stereocenters. The number of halogens is 1. The molecule has 3 heteroatoms. The van der Waals surface area contributed by atoms with Gasteiger partial charge in [0.1, 0.15) is 0 Å². The van der Waals surface area contributed by atoms with Crippen LogP contribution in [0.2, 0.25) is 5.02 Å². The van der Waals surface area contributed by atoms with Crippen LogP contribution in [-0.2, 0) is 17.6 Å². The van der Waals surface area contributed by atoms with Crippen LogP contribution in [-0.4, -0.2) is 25.3 Å². The van der Waals surface area contributed by atoms with Gasteiger partial charge in [0.15, 0.2) is 0 Å². The smallest absolute Gasteiger partial charge is 0.0587 e. The van der Waals surface area contributed by atoms with Crippen LogP contribution < -0.4 is 5.32 Å². The van der Waals surface area contributed by atoms with Gasteiger partial charge in [-0.3, -0.25) is 0 Å². The lowest BCUT2D eigenvalue weighted by molar-refractivity contribution is 0.0112. The molecule has 0 radical (unpaired) electrons. The first kappa shape index (κ1) is 13.4. The van der Waals surface area contributed by atoms with Gasteiger partial charge in [0.2, 0.25) is 0 Å². The van der Waals surface area contributed by atoms with Gasteiger partial charge in [0.25, 0.3) is 0 Å². The van der Waals surface area contributed by atoms with Crippen molar-refractivity contribution in [2.24, 2.45) is 0 Å². The van der Waals surface area contributed by atoms with Crippen LogP contribution >= 0.6 is 11.6 Å². The third-order valence-corrected chi connectivity index (χ3v) is 4.51. The van der Waals surface area contributed by atoms with Crippen LogP contribution in [0.15, 0.2) is 18.2 Å². The highest BCUT2D eigenvalue weighted by atomic mass is 35.5. The van der Waals surface area contributed by atoms with E-state index in [4.69, 9.17) is 16.3 Å². The molecule has 0 aromatic heterocycles. The summed E-state index contributed by atoms with van der Waals surface area (Å²) in [6.45, 7) is 2.02. The van der Waals surface area contributed by atoms with Gasteiger partial charge in [-0.25, -0.2) is 0 Å². The predicted molar refractivity (Wildman–Crippen MR) is 78.9 cm³/mol. The number of rotatable bonds is 4. The summed E-state index contributed by atoms with van der Waals surface area (Å²) in [4.78, 5) is 0. The predicted octanol–water partition coefficient (Wildman–Crippen LogP) is 3.36. The van der Waals surface area contributed by atoms with Crippen molar-refractivity contribution in [1.29, 1.82) is 0 Å². The summed E-state index contributed by atoms with van der Waals surface area (Å²) in [5, 5.41) is 4.53. The molecular formula is C16H22ClNO. The van der Waals surface area contributed by atoms with Crippen molar-refractivity contribution in [3.8, 4) is 0 Å². The van der Waals surface area contributed by atoms with Crippen molar-refractivity contribution in [3.05, 3.63) is 34.3 Å². The minimum atomic E-state index is 0.486. The Labute approximate surface area is 120 Å². The monoisotopic (exact) mass is 279 g/mol. The minimum absolute atomic E-state index is 0.486. The van der Waals surface area contributed by atoms with E-state index < -0.39 is 0 Å². The van der Waals surface area contributed by atoms with Crippen LogP contribution in [0.5, 0.6) is 0 Å². The molecule has 104 valence electrons. The zero-order chi connectivity index (χ0) is 13.1. The number of hydrogen-bond donors (Lipinski definition) is 1. The van der Waals surface area contributed by atoms with Crippen molar-refractivity contribution < 1.29 is 4.74 Å². The molecule has 0 saturated carbocycles. The zero-order valence-corrected chi connectivity index (χ0v) is 12.1. The molecule has 1 heterocycles. The van der Waals surface area contributed by atoms with Crippen LogP contribution in [0.1, 0.15) is 36.8 Å². The topological polar surface area (TPSA) is 21.3 Å². The standard InChI is InChI=1S/C16H22ClNO/c17-14-5-4-12-10-15(11-13(12)9-14)18-7-6-16-3-1-2-8-19-16/h4-5,9,15-16,18H,1-3,6-8,10-11H2. The van der Waals surface area contributed by atoms with Gasteiger partial charge in [-0.2, -0.15) is 0 Å². The average molecular weight is 280 g/mol. The maximum absolute atomic E-state index is 6.04. The fourth-order valence-electron chi connectivity index (χ4n) is 3.21. The Morgan fingerprint density at radius 3 is 2.95 bits per heavy atom. The van der Waals surface area contributed by atoms with E-state index in [2.05, 4.69) is 17.4 Å². The summed E-state index contributed by atoms with van der Waals surface area (Å²) in [6.07, 6.45) is 7.69. The Morgan fingerprint density at radius 1 is 1.21 bits per heavy atom. The van der Waals surface area contributed by atoms with Gasteiger partial charge in [0, 0.05) is 17.7 Å². The molecule has 0 amide bonds. The summed E-state index contributed by atoms with van der Waals surface area (Å²) >= 11 is 6.04. The highest BCUT2D eigenvalue weighted by Crippen LogP contribution is 2.25. The third kappa shape index (κ3) is 3.50. The second-order valence-electron chi connectivity index (χ2n) is 5.75. The molecule has 1 fully saturated rings. The van der Waals surface area contributed by atoms with Crippen molar-refractivity contribution in [2.45, 2.75) is 50.7 Å². The SMILES string of the molecule is Clc1ccc2c(c1)CC(NCCC1CCCCO1)C2. The molecule has 2 unspecified atom stereocenters. The number of nitrogens with one attached hydrogen (secondary N) is 1. The molecule has 1 N–H and O–H groups in total. The third-order valence-electron chi connectivity index (χ3n) is 4.27. The summed E-state index contributed by atoms with van der Waals surface area (Å²) in [7, 11) is 0. The van der Waals surface area contributed by atoms with Gasteiger partial charge >= 0.3 is 0 Å². The second kappa shape index (κ2) is 6.25. The summed E-state index contributed by atoms with van der Waals surface area (Å²) in [5.41, 5.74) is 2.87. The second-order valence-corrected chi connectivity index (χ2v) is 6.19. The molecule has 2 aliphatic rings. The van der Waals surface area contributed by atoms with E-state index in [1.807, 2.05) is 6.07 Å². The normalized spacial score (nSPS) is 26.4. The molecule has 19 heavy (non-hydrogen) atoms. The Morgan fingerprint density at radius 2 is 2.11 bits per heavy atom. The molecule has 1 aliphatic heterocycles. The zero-order valence-electron chi connectivity index (χ0n) is 11.3. The van der Waals surface area contributed by atoms with E-state index in [1.165, 1.54) is 30.4 Å². The molecule has 0 spiro atoms. The first-order valence-corrected chi connectivity index (χ1v) is 7.81. The fourth-order valence-corrected chi connectivity index (χ4v) is 3.41. The lowest BCUT2D eigenvalue weighted by Gasteiger charge is -2.23. The number of benzene rings is 1. The highest BCUT2D eigenvalue weighted by Gasteiger charge is 2.21. The molecule has 1 saturated heterocycles. The summed E-state index contributed by atoms with van der Waals surface area (Å²) in [6, 6.07) is 6.86. The number of fused-ring (bicyclic) bond motifs is 1. The van der Waals surface area contributed by atoms with E-state index in [0.29, 0.717) is 12.1 Å². The lowest BCUT2D eigenvalue weighted by Crippen LogP contribution is -2.33. The maximum atomic E-state index is 6.04. The van der Waals surface area contributed by atoms with Crippen molar-refractivity contribution in [2.75, 3.05) is 13.2 Å². The Kier molecular flexibility index (Phi) is 4.42. The van der Waals surface area contributed by atoms with E-state index in [0.717, 1.165) is 37.4 Å². The van der Waals surface area contributed by atoms with Crippen LogP contribution in [0, 0.1) is 0 Å². The quantitative estimate of drug-likeness (QED) is 0.913. The van der Waals surface area contributed by atoms with E-state index in [1.54, 1.807) is 0 Å². The molecule has 1 aromatic rings.